The van der Waals surface area contributed by atoms with Gasteiger partial charge in [0.15, 0.2) is 0 Å². The van der Waals surface area contributed by atoms with Gasteiger partial charge in [-0.1, -0.05) is 37.6 Å². The van der Waals surface area contributed by atoms with Gasteiger partial charge >= 0.3 is 5.97 Å². The third kappa shape index (κ3) is 2.82. The molecule has 0 saturated heterocycles. The quantitative estimate of drug-likeness (QED) is 0.875. The second-order valence-electron chi connectivity index (χ2n) is 4.73. The minimum atomic E-state index is -0.936. The van der Waals surface area contributed by atoms with E-state index in [0.29, 0.717) is 5.69 Å². The molecule has 0 saturated carbocycles. The standard InChI is InChI=1S/C15H16ClNO2/c1-9-10(2)13(8-7-12(9)16)17-14-6-4-3-5-11(14)15(18)19/h3-10,17H,1-2H3,(H,18,19). The third-order valence-corrected chi connectivity index (χ3v) is 4.00. The van der Waals surface area contributed by atoms with Crippen LogP contribution in [0.25, 0.3) is 0 Å². The third-order valence-electron chi connectivity index (χ3n) is 3.53. The van der Waals surface area contributed by atoms with Crippen molar-refractivity contribution in [3.8, 4) is 0 Å². The van der Waals surface area contributed by atoms with Crippen LogP contribution in [0, 0.1) is 11.8 Å². The summed E-state index contributed by atoms with van der Waals surface area (Å²) in [5, 5.41) is 13.2. The first-order chi connectivity index (χ1) is 9.00. The lowest BCUT2D eigenvalue weighted by Gasteiger charge is -2.27. The van der Waals surface area contributed by atoms with Crippen LogP contribution in [-0.4, -0.2) is 11.1 Å². The number of allylic oxidation sites excluding steroid dienone is 4. The van der Waals surface area contributed by atoms with Crippen molar-refractivity contribution in [2.24, 2.45) is 11.8 Å². The molecule has 3 nitrogen and oxygen atoms in total. The van der Waals surface area contributed by atoms with Crippen LogP contribution in [0.15, 0.2) is 47.1 Å². The molecule has 0 spiro atoms. The van der Waals surface area contributed by atoms with Crippen LogP contribution >= 0.6 is 11.6 Å². The van der Waals surface area contributed by atoms with Gasteiger partial charge in [0.1, 0.15) is 0 Å². The fraction of sp³-hybridized carbons (Fsp3) is 0.267. The molecule has 0 bridgehead atoms. The molecule has 0 radical (unpaired) electrons. The lowest BCUT2D eigenvalue weighted by Crippen LogP contribution is -2.20. The molecular formula is C15H16ClNO2. The molecule has 4 heteroatoms. The molecule has 2 N–H and O–H groups in total. The molecule has 19 heavy (non-hydrogen) atoms. The number of rotatable bonds is 3. The summed E-state index contributed by atoms with van der Waals surface area (Å²) < 4.78 is 0. The van der Waals surface area contributed by atoms with Crippen molar-refractivity contribution in [3.63, 3.8) is 0 Å². The molecule has 0 fully saturated rings. The number of carboxylic acid groups (broad SMARTS) is 1. The predicted octanol–water partition coefficient (Wildman–Crippen LogP) is 4.09. The van der Waals surface area contributed by atoms with E-state index >= 15 is 0 Å². The maximum atomic E-state index is 11.2. The lowest BCUT2D eigenvalue weighted by atomic mass is 9.88. The Morgan fingerprint density at radius 1 is 1.21 bits per heavy atom. The number of benzene rings is 1. The molecule has 0 amide bonds. The second-order valence-corrected chi connectivity index (χ2v) is 5.16. The van der Waals surface area contributed by atoms with Crippen molar-refractivity contribution in [1.29, 1.82) is 0 Å². The Morgan fingerprint density at radius 2 is 1.89 bits per heavy atom. The number of aromatic carboxylic acids is 1. The predicted molar refractivity (Wildman–Crippen MR) is 77.4 cm³/mol. The van der Waals surface area contributed by atoms with E-state index in [1.54, 1.807) is 18.2 Å². The minimum Gasteiger partial charge on any atom is -0.478 e. The average Bonchev–Trinajstić information content (AvgIpc) is 2.40. The first-order valence-corrected chi connectivity index (χ1v) is 6.55. The van der Waals surface area contributed by atoms with E-state index in [2.05, 4.69) is 19.2 Å². The fourth-order valence-corrected chi connectivity index (χ4v) is 2.32. The maximum Gasteiger partial charge on any atom is 0.337 e. The number of hydrogen-bond acceptors (Lipinski definition) is 2. The zero-order chi connectivity index (χ0) is 14.0. The number of para-hydroxylation sites is 1. The molecule has 2 rings (SSSR count). The summed E-state index contributed by atoms with van der Waals surface area (Å²) in [5.41, 5.74) is 1.85. The van der Waals surface area contributed by atoms with Crippen LogP contribution < -0.4 is 5.32 Å². The number of nitrogens with one attached hydrogen (secondary N) is 1. The lowest BCUT2D eigenvalue weighted by molar-refractivity contribution is 0.0698. The van der Waals surface area contributed by atoms with E-state index < -0.39 is 5.97 Å². The highest BCUT2D eigenvalue weighted by Gasteiger charge is 2.23. The van der Waals surface area contributed by atoms with Gasteiger partial charge in [0.2, 0.25) is 0 Å². The van der Waals surface area contributed by atoms with Gasteiger partial charge in [-0.05, 0) is 30.2 Å². The Hall–Kier alpha value is -1.74. The summed E-state index contributed by atoms with van der Waals surface area (Å²) >= 11 is 6.11. The molecule has 0 aromatic heterocycles. The van der Waals surface area contributed by atoms with Crippen LogP contribution in [0.2, 0.25) is 0 Å². The number of hydrogen-bond donors (Lipinski definition) is 2. The molecule has 2 atom stereocenters. The van der Waals surface area contributed by atoms with E-state index in [1.807, 2.05) is 18.2 Å². The van der Waals surface area contributed by atoms with Gasteiger partial charge in [-0.3, -0.25) is 0 Å². The van der Waals surface area contributed by atoms with Gasteiger partial charge in [0, 0.05) is 16.6 Å². The van der Waals surface area contributed by atoms with Crippen LogP contribution in [-0.2, 0) is 0 Å². The fourth-order valence-electron chi connectivity index (χ4n) is 2.07. The minimum absolute atomic E-state index is 0.222. The van der Waals surface area contributed by atoms with Gasteiger partial charge < -0.3 is 10.4 Å². The van der Waals surface area contributed by atoms with Crippen molar-refractivity contribution in [1.82, 2.24) is 0 Å². The van der Waals surface area contributed by atoms with E-state index in [-0.39, 0.29) is 17.4 Å². The number of anilines is 1. The largest absolute Gasteiger partial charge is 0.478 e. The van der Waals surface area contributed by atoms with Crippen LogP contribution in [0.3, 0.4) is 0 Å². The van der Waals surface area contributed by atoms with Crippen molar-refractivity contribution < 1.29 is 9.90 Å². The number of carboxylic acids is 1. The highest BCUT2D eigenvalue weighted by atomic mass is 35.5. The summed E-state index contributed by atoms with van der Waals surface area (Å²) in [7, 11) is 0. The zero-order valence-corrected chi connectivity index (χ0v) is 11.6. The van der Waals surface area contributed by atoms with Crippen molar-refractivity contribution in [3.05, 3.63) is 52.7 Å². The molecule has 1 aromatic rings. The molecule has 1 aliphatic rings. The molecule has 0 heterocycles. The Kier molecular flexibility index (Phi) is 3.96. The van der Waals surface area contributed by atoms with E-state index in [9.17, 15) is 4.79 Å². The Balaban J connectivity index is 2.30. The van der Waals surface area contributed by atoms with Crippen LogP contribution in [0.5, 0.6) is 0 Å². The molecule has 1 aliphatic carbocycles. The summed E-state index contributed by atoms with van der Waals surface area (Å²) in [4.78, 5) is 11.2. The first kappa shape index (κ1) is 13.7. The van der Waals surface area contributed by atoms with E-state index in [0.717, 1.165) is 10.7 Å². The number of halogens is 1. The highest BCUT2D eigenvalue weighted by molar-refractivity contribution is 6.30. The second kappa shape index (κ2) is 5.49. The Bertz CT molecular complexity index is 563. The molecule has 1 aromatic carbocycles. The van der Waals surface area contributed by atoms with E-state index in [1.165, 1.54) is 0 Å². The number of carbonyl (C=O) groups is 1. The summed E-state index contributed by atoms with van der Waals surface area (Å²) in [6.07, 6.45) is 3.77. The van der Waals surface area contributed by atoms with Crippen molar-refractivity contribution in [2.45, 2.75) is 13.8 Å². The smallest absolute Gasteiger partial charge is 0.337 e. The molecule has 0 aliphatic heterocycles. The van der Waals surface area contributed by atoms with Gasteiger partial charge in [-0.15, -0.1) is 0 Å². The summed E-state index contributed by atoms with van der Waals surface area (Å²) in [6.45, 7) is 4.13. The van der Waals surface area contributed by atoms with E-state index in [4.69, 9.17) is 16.7 Å². The maximum absolute atomic E-state index is 11.2. The average molecular weight is 278 g/mol. The van der Waals surface area contributed by atoms with Gasteiger partial charge in [0.25, 0.3) is 0 Å². The molecular weight excluding hydrogens is 262 g/mol. The van der Waals surface area contributed by atoms with Crippen LogP contribution in [0.1, 0.15) is 24.2 Å². The first-order valence-electron chi connectivity index (χ1n) is 6.17. The molecule has 2 unspecified atom stereocenters. The van der Waals surface area contributed by atoms with Gasteiger partial charge in [0.05, 0.1) is 11.3 Å². The monoisotopic (exact) mass is 277 g/mol. The normalized spacial score (nSPS) is 22.5. The summed E-state index contributed by atoms with van der Waals surface area (Å²) in [5.74, 6) is -0.487. The molecule has 100 valence electrons. The Morgan fingerprint density at radius 3 is 2.58 bits per heavy atom. The zero-order valence-electron chi connectivity index (χ0n) is 10.9. The SMILES string of the molecule is CC1C(Cl)=CC=C(Nc2ccccc2C(=O)O)C1C. The van der Waals surface area contributed by atoms with Crippen molar-refractivity contribution >= 4 is 23.3 Å². The highest BCUT2D eigenvalue weighted by Crippen LogP contribution is 2.33. The van der Waals surface area contributed by atoms with Crippen molar-refractivity contribution in [2.75, 3.05) is 5.32 Å². The Labute approximate surface area is 117 Å². The van der Waals surface area contributed by atoms with Crippen LogP contribution in [0.4, 0.5) is 5.69 Å². The van der Waals surface area contributed by atoms with Gasteiger partial charge in [-0.25, -0.2) is 4.79 Å². The topological polar surface area (TPSA) is 49.3 Å². The van der Waals surface area contributed by atoms with Gasteiger partial charge in [-0.2, -0.15) is 0 Å². The summed E-state index contributed by atoms with van der Waals surface area (Å²) in [6, 6.07) is 6.88.